The summed E-state index contributed by atoms with van der Waals surface area (Å²) >= 11 is 10.5. The summed E-state index contributed by atoms with van der Waals surface area (Å²) in [6.07, 6.45) is 0. The lowest BCUT2D eigenvalue weighted by molar-refractivity contribution is -0.757. The summed E-state index contributed by atoms with van der Waals surface area (Å²) < 4.78 is 0. The average Bonchev–Trinajstić information content (AvgIpc) is 1.83. The molecule has 1 atom stereocenters. The van der Waals surface area contributed by atoms with Crippen LogP contribution in [0.5, 0.6) is 0 Å². The van der Waals surface area contributed by atoms with Crippen LogP contribution in [0.2, 0.25) is 0 Å². The summed E-state index contributed by atoms with van der Waals surface area (Å²) in [7, 11) is 0. The zero-order chi connectivity index (χ0) is 7.28. The molecule has 0 radical (unpaired) electrons. The molecule has 0 aromatic carbocycles. The summed E-state index contributed by atoms with van der Waals surface area (Å²) in [5.74, 6) is 0.148. The Morgan fingerprint density at radius 1 is 1.78 bits per heavy atom. The zero-order valence-corrected chi connectivity index (χ0v) is 5.93. The molecule has 9 heavy (non-hydrogen) atoms. The Kier molecular flexibility index (Phi) is 4.53. The number of nitrogens with zero attached hydrogens (tertiary/aromatic N) is 1. The Hall–Kier alpha value is -0.220. The summed E-state index contributed by atoms with van der Waals surface area (Å²) in [5, 5.41) is 8.11. The molecule has 0 saturated heterocycles. The molecule has 0 spiro atoms. The lowest BCUT2D eigenvalue weighted by atomic mass is 10.5. The predicted octanol–water partition coefficient (Wildman–Crippen LogP) is 1.04. The first kappa shape index (κ1) is 8.78. The first-order chi connectivity index (χ1) is 4.16. The van der Waals surface area contributed by atoms with Crippen LogP contribution in [0.4, 0.5) is 0 Å². The normalized spacial score (nSPS) is 12.7. The van der Waals surface area contributed by atoms with Crippen LogP contribution in [0.1, 0.15) is 0 Å². The molecule has 0 saturated carbocycles. The van der Waals surface area contributed by atoms with E-state index in [2.05, 4.69) is 4.84 Å². The Morgan fingerprint density at radius 2 is 2.33 bits per heavy atom. The van der Waals surface area contributed by atoms with E-state index in [-0.39, 0.29) is 12.5 Å². The number of alkyl halides is 2. The highest BCUT2D eigenvalue weighted by Gasteiger charge is 2.04. The minimum Gasteiger partial charge on any atom is -0.312 e. The van der Waals surface area contributed by atoms with E-state index < -0.39 is 10.5 Å². The molecule has 4 nitrogen and oxygen atoms in total. The maximum absolute atomic E-state index is 9.50. The van der Waals surface area contributed by atoms with Crippen LogP contribution >= 0.6 is 23.2 Å². The highest BCUT2D eigenvalue weighted by Crippen LogP contribution is 1.98. The molecular formula is C3H5Cl2NO3. The molecule has 0 rings (SSSR count). The van der Waals surface area contributed by atoms with Crippen molar-refractivity contribution in [2.75, 3.05) is 12.5 Å². The molecule has 0 aliphatic rings. The molecule has 0 bridgehead atoms. The molecule has 0 aliphatic carbocycles. The number of rotatable bonds is 4. The summed E-state index contributed by atoms with van der Waals surface area (Å²) in [6.45, 7) is -0.155. The molecule has 0 fully saturated rings. The molecule has 1 unspecified atom stereocenters. The molecule has 0 aromatic rings. The fourth-order valence-corrected chi connectivity index (χ4v) is 0.332. The van der Waals surface area contributed by atoms with Crippen LogP contribution in [-0.2, 0) is 4.84 Å². The number of hydrogen-bond donors (Lipinski definition) is 0. The molecule has 0 N–H and O–H groups in total. The van der Waals surface area contributed by atoms with E-state index in [4.69, 9.17) is 23.2 Å². The van der Waals surface area contributed by atoms with Crippen molar-refractivity contribution in [3.63, 3.8) is 0 Å². The van der Waals surface area contributed by atoms with E-state index in [9.17, 15) is 10.1 Å². The van der Waals surface area contributed by atoms with Crippen molar-refractivity contribution in [3.05, 3.63) is 10.1 Å². The van der Waals surface area contributed by atoms with Gasteiger partial charge >= 0.3 is 0 Å². The van der Waals surface area contributed by atoms with Gasteiger partial charge in [-0.2, -0.15) is 0 Å². The molecule has 0 aromatic heterocycles. The lowest BCUT2D eigenvalue weighted by Gasteiger charge is -2.00. The van der Waals surface area contributed by atoms with Gasteiger partial charge in [0.1, 0.15) is 6.61 Å². The first-order valence-corrected chi connectivity index (χ1v) is 3.11. The van der Waals surface area contributed by atoms with Gasteiger partial charge in [-0.25, -0.2) is 0 Å². The monoisotopic (exact) mass is 173 g/mol. The first-order valence-electron chi connectivity index (χ1n) is 2.14. The topological polar surface area (TPSA) is 52.4 Å². The highest BCUT2D eigenvalue weighted by atomic mass is 35.5. The van der Waals surface area contributed by atoms with E-state index in [1.54, 1.807) is 0 Å². The van der Waals surface area contributed by atoms with E-state index in [1.807, 2.05) is 0 Å². The van der Waals surface area contributed by atoms with Crippen molar-refractivity contribution < 1.29 is 9.92 Å². The maximum atomic E-state index is 9.50. The van der Waals surface area contributed by atoms with E-state index in [1.165, 1.54) is 0 Å². The maximum Gasteiger partial charge on any atom is 0.294 e. The van der Waals surface area contributed by atoms with Gasteiger partial charge < -0.3 is 4.84 Å². The third kappa shape index (κ3) is 5.65. The van der Waals surface area contributed by atoms with Crippen LogP contribution in [0.3, 0.4) is 0 Å². The van der Waals surface area contributed by atoms with Gasteiger partial charge in [-0.05, 0) is 0 Å². The molecule has 0 aliphatic heterocycles. The zero-order valence-electron chi connectivity index (χ0n) is 4.42. The van der Waals surface area contributed by atoms with Crippen molar-refractivity contribution in [2.45, 2.75) is 5.38 Å². The third-order valence-electron chi connectivity index (χ3n) is 0.528. The van der Waals surface area contributed by atoms with Gasteiger partial charge in [-0.1, -0.05) is 0 Å². The molecule has 6 heteroatoms. The third-order valence-corrected chi connectivity index (χ3v) is 1.34. The quantitative estimate of drug-likeness (QED) is 0.363. The molecular weight excluding hydrogens is 169 g/mol. The van der Waals surface area contributed by atoms with Crippen molar-refractivity contribution in [2.24, 2.45) is 0 Å². The van der Waals surface area contributed by atoms with Gasteiger partial charge in [0.05, 0.1) is 5.38 Å². The minimum atomic E-state index is -0.901. The van der Waals surface area contributed by atoms with Gasteiger partial charge in [-0.15, -0.1) is 33.3 Å². The Morgan fingerprint density at radius 3 is 2.67 bits per heavy atom. The van der Waals surface area contributed by atoms with E-state index in [0.717, 1.165) is 0 Å². The van der Waals surface area contributed by atoms with Crippen LogP contribution in [-0.4, -0.2) is 23.0 Å². The molecule has 0 amide bonds. The standard InChI is InChI=1S/C3H5Cl2NO3/c4-1-3(5)2-9-6(7)8/h3H,1-2H2. The van der Waals surface area contributed by atoms with Crippen molar-refractivity contribution in [1.82, 2.24) is 0 Å². The minimum absolute atomic E-state index is 0.148. The van der Waals surface area contributed by atoms with Gasteiger partial charge in [0.25, 0.3) is 5.09 Å². The van der Waals surface area contributed by atoms with Crippen molar-refractivity contribution in [1.29, 1.82) is 0 Å². The fourth-order valence-electron chi connectivity index (χ4n) is 0.186. The largest absolute Gasteiger partial charge is 0.312 e. The Balaban J connectivity index is 3.16. The van der Waals surface area contributed by atoms with Gasteiger partial charge in [0.2, 0.25) is 0 Å². The van der Waals surface area contributed by atoms with E-state index in [0.29, 0.717) is 0 Å². The summed E-state index contributed by atoms with van der Waals surface area (Å²) in [6, 6.07) is 0. The SMILES string of the molecule is O=[N+]([O-])OCC(Cl)CCl. The van der Waals surface area contributed by atoms with Gasteiger partial charge in [-0.3, -0.25) is 0 Å². The second kappa shape index (κ2) is 4.64. The second-order valence-electron chi connectivity index (χ2n) is 1.27. The fraction of sp³-hybridized carbons (Fsp3) is 1.00. The summed E-state index contributed by atoms with van der Waals surface area (Å²) in [5.41, 5.74) is 0. The average molecular weight is 174 g/mol. The highest BCUT2D eigenvalue weighted by molar-refractivity contribution is 6.28. The second-order valence-corrected chi connectivity index (χ2v) is 2.20. The lowest BCUT2D eigenvalue weighted by Crippen LogP contribution is -2.13. The van der Waals surface area contributed by atoms with Gasteiger partial charge in [0.15, 0.2) is 0 Å². The molecule has 0 heterocycles. The van der Waals surface area contributed by atoms with Crippen LogP contribution < -0.4 is 0 Å². The number of halogens is 2. The van der Waals surface area contributed by atoms with Crippen LogP contribution in [0, 0.1) is 10.1 Å². The van der Waals surface area contributed by atoms with Crippen LogP contribution in [0.15, 0.2) is 0 Å². The number of hydrogen-bond acceptors (Lipinski definition) is 3. The van der Waals surface area contributed by atoms with E-state index >= 15 is 0 Å². The van der Waals surface area contributed by atoms with Crippen molar-refractivity contribution >= 4 is 23.2 Å². The Labute approximate surface area is 61.8 Å². The Bertz CT molecular complexity index is 99.1. The van der Waals surface area contributed by atoms with Crippen molar-refractivity contribution in [3.8, 4) is 0 Å². The predicted molar refractivity (Wildman–Crippen MR) is 33.3 cm³/mol. The smallest absolute Gasteiger partial charge is 0.294 e. The summed E-state index contributed by atoms with van der Waals surface area (Å²) in [4.78, 5) is 13.4. The molecule has 54 valence electrons. The van der Waals surface area contributed by atoms with Gasteiger partial charge in [0, 0.05) is 5.88 Å². The van der Waals surface area contributed by atoms with Crippen LogP contribution in [0.25, 0.3) is 0 Å².